The Morgan fingerprint density at radius 1 is 1.21 bits per heavy atom. The van der Waals surface area contributed by atoms with E-state index in [1.807, 2.05) is 36.5 Å². The van der Waals surface area contributed by atoms with Gasteiger partial charge < -0.3 is 19.8 Å². The fourth-order valence-electron chi connectivity index (χ4n) is 3.89. The highest BCUT2D eigenvalue weighted by Crippen LogP contribution is 2.38. The number of nitro benzene ring substituents is 1. The number of amides is 1. The van der Waals surface area contributed by atoms with Gasteiger partial charge in [-0.15, -0.1) is 0 Å². The predicted molar refractivity (Wildman–Crippen MR) is 147 cm³/mol. The number of aromatic amines is 1. The predicted octanol–water partition coefficient (Wildman–Crippen LogP) is 5.69. The number of non-ortho nitro benzene ring substituents is 1. The van der Waals surface area contributed by atoms with Gasteiger partial charge in [0.05, 0.1) is 16.5 Å². The maximum absolute atomic E-state index is 12.7. The molecule has 0 saturated carbocycles. The van der Waals surface area contributed by atoms with Crippen molar-refractivity contribution in [1.29, 1.82) is 5.26 Å². The largest absolute Gasteiger partial charge is 0.493 e. The molecule has 0 unspecified atom stereocenters. The summed E-state index contributed by atoms with van der Waals surface area (Å²) in [6, 6.07) is 19.3. The molecule has 3 aromatic carbocycles. The summed E-state index contributed by atoms with van der Waals surface area (Å²) in [7, 11) is 1.48. The van der Waals surface area contributed by atoms with Gasteiger partial charge in [-0.25, -0.2) is 0 Å². The van der Waals surface area contributed by atoms with Crippen molar-refractivity contribution in [2.75, 3.05) is 13.7 Å². The molecule has 0 spiro atoms. The first-order valence-corrected chi connectivity index (χ1v) is 12.4. The van der Waals surface area contributed by atoms with Crippen LogP contribution in [0.2, 0.25) is 0 Å². The molecule has 1 aromatic heterocycles. The molecule has 1 heterocycles. The van der Waals surface area contributed by atoms with E-state index in [4.69, 9.17) is 9.47 Å². The van der Waals surface area contributed by atoms with E-state index in [-0.39, 0.29) is 17.9 Å². The molecule has 0 aliphatic heterocycles. The second kappa shape index (κ2) is 12.1. The number of H-pyrrole nitrogens is 1. The van der Waals surface area contributed by atoms with Crippen LogP contribution in [0, 0.1) is 21.4 Å². The number of carbonyl (C=O) groups is 1. The summed E-state index contributed by atoms with van der Waals surface area (Å²) in [6.45, 7) is 0.534. The normalized spacial score (nSPS) is 11.1. The molecule has 0 aliphatic rings. The van der Waals surface area contributed by atoms with Crippen LogP contribution in [0.25, 0.3) is 17.0 Å². The molecule has 0 fully saturated rings. The number of nitrogens with one attached hydrogen (secondary N) is 2. The van der Waals surface area contributed by atoms with Gasteiger partial charge in [0.15, 0.2) is 11.5 Å². The van der Waals surface area contributed by atoms with E-state index in [1.54, 1.807) is 24.3 Å². The number of methoxy groups -OCH3 is 1. The van der Waals surface area contributed by atoms with Gasteiger partial charge in [0.1, 0.15) is 18.2 Å². The van der Waals surface area contributed by atoms with Crippen LogP contribution in [-0.4, -0.2) is 29.5 Å². The smallest absolute Gasteiger partial charge is 0.269 e. The minimum Gasteiger partial charge on any atom is -0.493 e. The van der Waals surface area contributed by atoms with Gasteiger partial charge in [0.2, 0.25) is 0 Å². The second-order valence-electron chi connectivity index (χ2n) is 8.28. The molecule has 10 heteroatoms. The molecule has 0 radical (unpaired) electrons. The molecular formula is C28H23BrN4O5. The van der Waals surface area contributed by atoms with Crippen molar-refractivity contribution in [1.82, 2.24) is 10.3 Å². The molecule has 38 heavy (non-hydrogen) atoms. The summed E-state index contributed by atoms with van der Waals surface area (Å²) < 4.78 is 11.9. The van der Waals surface area contributed by atoms with Crippen molar-refractivity contribution in [3.05, 3.63) is 104 Å². The Kier molecular flexibility index (Phi) is 8.40. The summed E-state index contributed by atoms with van der Waals surface area (Å²) in [4.78, 5) is 26.3. The number of hydrogen-bond donors (Lipinski definition) is 2. The van der Waals surface area contributed by atoms with Gasteiger partial charge in [-0.05, 0) is 75.4 Å². The number of aromatic nitrogens is 1. The lowest BCUT2D eigenvalue weighted by Gasteiger charge is -2.14. The van der Waals surface area contributed by atoms with Crippen molar-refractivity contribution in [2.45, 2.75) is 13.0 Å². The third kappa shape index (κ3) is 6.19. The van der Waals surface area contributed by atoms with Crippen LogP contribution < -0.4 is 14.8 Å². The zero-order chi connectivity index (χ0) is 27.1. The van der Waals surface area contributed by atoms with E-state index in [2.05, 4.69) is 26.2 Å². The van der Waals surface area contributed by atoms with Crippen LogP contribution in [0.5, 0.6) is 11.5 Å². The Balaban J connectivity index is 1.42. The summed E-state index contributed by atoms with van der Waals surface area (Å²) in [6.07, 6.45) is 4.02. The van der Waals surface area contributed by atoms with Gasteiger partial charge >= 0.3 is 0 Å². The van der Waals surface area contributed by atoms with Gasteiger partial charge in [-0.1, -0.05) is 18.2 Å². The number of para-hydroxylation sites is 1. The molecule has 4 rings (SSSR count). The average Bonchev–Trinajstić information content (AvgIpc) is 3.34. The zero-order valence-electron chi connectivity index (χ0n) is 20.4. The molecule has 0 bridgehead atoms. The second-order valence-corrected chi connectivity index (χ2v) is 9.14. The Morgan fingerprint density at radius 2 is 1.97 bits per heavy atom. The summed E-state index contributed by atoms with van der Waals surface area (Å²) in [5, 5.41) is 24.3. The minimum absolute atomic E-state index is 0.000972. The van der Waals surface area contributed by atoms with E-state index in [9.17, 15) is 20.2 Å². The van der Waals surface area contributed by atoms with Crippen LogP contribution in [0.1, 0.15) is 16.7 Å². The SMILES string of the molecule is COc1cc(/C=C(/C#N)C(=O)NCCc2c[nH]c3ccccc23)cc(Br)c1OCc1ccc([N+](=O)[O-])cc1. The van der Waals surface area contributed by atoms with Crippen molar-refractivity contribution in [2.24, 2.45) is 0 Å². The van der Waals surface area contributed by atoms with Crippen molar-refractivity contribution in [3.8, 4) is 17.6 Å². The quantitative estimate of drug-likeness (QED) is 0.108. The van der Waals surface area contributed by atoms with Crippen molar-refractivity contribution in [3.63, 3.8) is 0 Å². The van der Waals surface area contributed by atoms with Crippen LogP contribution >= 0.6 is 15.9 Å². The number of benzene rings is 3. The molecule has 0 saturated heterocycles. The third-order valence-corrected chi connectivity index (χ3v) is 6.40. The third-order valence-electron chi connectivity index (χ3n) is 5.81. The number of carbonyl (C=O) groups excluding carboxylic acids is 1. The molecule has 2 N–H and O–H groups in total. The molecule has 9 nitrogen and oxygen atoms in total. The van der Waals surface area contributed by atoms with Crippen LogP contribution in [-0.2, 0) is 17.8 Å². The highest BCUT2D eigenvalue weighted by molar-refractivity contribution is 9.10. The zero-order valence-corrected chi connectivity index (χ0v) is 21.9. The lowest BCUT2D eigenvalue weighted by atomic mass is 10.1. The highest BCUT2D eigenvalue weighted by Gasteiger charge is 2.15. The standard InChI is InChI=1S/C28H23BrN4O5/c1-37-26-14-19(13-24(29)27(26)38-17-18-6-8-22(9-7-18)33(35)36)12-21(15-30)28(34)31-11-10-20-16-32-25-5-3-2-4-23(20)25/h2-9,12-14,16,32H,10-11,17H2,1H3,(H,31,34)/b21-12-. The highest BCUT2D eigenvalue weighted by atomic mass is 79.9. The van der Waals surface area contributed by atoms with Crippen molar-refractivity contribution >= 4 is 44.5 Å². The maximum Gasteiger partial charge on any atom is 0.269 e. The van der Waals surface area contributed by atoms with E-state index in [0.717, 1.165) is 22.0 Å². The number of halogens is 1. The summed E-state index contributed by atoms with van der Waals surface area (Å²) in [5.74, 6) is 0.343. The molecule has 0 aliphatic carbocycles. The van der Waals surface area contributed by atoms with Gasteiger partial charge in [0, 0.05) is 35.8 Å². The minimum atomic E-state index is -0.471. The van der Waals surface area contributed by atoms with Crippen molar-refractivity contribution < 1.29 is 19.2 Å². The van der Waals surface area contributed by atoms with E-state index in [1.165, 1.54) is 25.3 Å². The Bertz CT molecular complexity index is 1550. The number of nitriles is 1. The first-order valence-electron chi connectivity index (χ1n) is 11.6. The first-order chi connectivity index (χ1) is 18.4. The number of rotatable bonds is 10. The van der Waals surface area contributed by atoms with E-state index in [0.29, 0.717) is 34.5 Å². The lowest BCUT2D eigenvalue weighted by molar-refractivity contribution is -0.384. The average molecular weight is 575 g/mol. The Hall–Kier alpha value is -4.62. The monoisotopic (exact) mass is 574 g/mol. The number of nitro groups is 1. The van der Waals surface area contributed by atoms with Gasteiger partial charge in [0.25, 0.3) is 11.6 Å². The summed E-state index contributed by atoms with van der Waals surface area (Å²) >= 11 is 3.47. The lowest BCUT2D eigenvalue weighted by Crippen LogP contribution is -2.26. The number of hydrogen-bond acceptors (Lipinski definition) is 6. The first kappa shape index (κ1) is 26.4. The molecule has 0 atom stereocenters. The molecule has 1 amide bonds. The number of ether oxygens (including phenoxy) is 2. The molecule has 4 aromatic rings. The van der Waals surface area contributed by atoms with Crippen LogP contribution in [0.15, 0.2) is 76.9 Å². The Morgan fingerprint density at radius 3 is 2.68 bits per heavy atom. The van der Waals surface area contributed by atoms with Crippen LogP contribution in [0.4, 0.5) is 5.69 Å². The Labute approximate surface area is 227 Å². The maximum atomic E-state index is 12.7. The summed E-state index contributed by atoms with van der Waals surface area (Å²) in [5.41, 5.74) is 3.38. The van der Waals surface area contributed by atoms with Gasteiger partial charge in [-0.2, -0.15) is 5.26 Å². The fourth-order valence-corrected chi connectivity index (χ4v) is 4.47. The van der Waals surface area contributed by atoms with Crippen LogP contribution in [0.3, 0.4) is 0 Å². The fraction of sp³-hybridized carbons (Fsp3) is 0.143. The topological polar surface area (TPSA) is 130 Å². The van der Waals surface area contributed by atoms with E-state index < -0.39 is 10.8 Å². The molecule has 192 valence electrons. The number of nitrogens with zero attached hydrogens (tertiary/aromatic N) is 2. The van der Waals surface area contributed by atoms with E-state index >= 15 is 0 Å². The van der Waals surface area contributed by atoms with Gasteiger partial charge in [-0.3, -0.25) is 14.9 Å². The number of fused-ring (bicyclic) bond motifs is 1. The molecular weight excluding hydrogens is 552 g/mol.